The van der Waals surface area contributed by atoms with Crippen LogP contribution in [0.25, 0.3) is 10.9 Å². The van der Waals surface area contributed by atoms with Gasteiger partial charge in [0, 0.05) is 24.7 Å². The van der Waals surface area contributed by atoms with Gasteiger partial charge in [-0.1, -0.05) is 31.5 Å². The van der Waals surface area contributed by atoms with E-state index in [1.54, 1.807) is 0 Å². The van der Waals surface area contributed by atoms with Gasteiger partial charge in [-0.05, 0) is 12.5 Å². The number of hydrogen-bond donors (Lipinski definition) is 1. The zero-order chi connectivity index (χ0) is 12.8. The zero-order valence-electron chi connectivity index (χ0n) is 10.7. The summed E-state index contributed by atoms with van der Waals surface area (Å²) in [6.07, 6.45) is 4.04. The molecule has 1 aromatic heterocycles. The highest BCUT2D eigenvalue weighted by molar-refractivity contribution is 5.78. The minimum Gasteiger partial charge on any atom is -0.395 e. The molecule has 0 aliphatic carbocycles. The third-order valence-corrected chi connectivity index (χ3v) is 2.91. The van der Waals surface area contributed by atoms with Crippen LogP contribution in [0.3, 0.4) is 0 Å². The molecule has 0 unspecified atom stereocenters. The van der Waals surface area contributed by atoms with Crippen LogP contribution in [0.15, 0.2) is 30.5 Å². The van der Waals surface area contributed by atoms with Gasteiger partial charge in [-0.2, -0.15) is 0 Å². The van der Waals surface area contributed by atoms with Crippen LogP contribution >= 0.6 is 0 Å². The first kappa shape index (κ1) is 12.8. The molecule has 1 aromatic carbocycles. The fourth-order valence-corrected chi connectivity index (χ4v) is 1.90. The highest BCUT2D eigenvalue weighted by Gasteiger charge is 2.08. The van der Waals surface area contributed by atoms with E-state index in [4.69, 9.17) is 5.11 Å². The van der Waals surface area contributed by atoms with E-state index in [0.29, 0.717) is 12.5 Å². The molecule has 1 heterocycles. The van der Waals surface area contributed by atoms with E-state index in [0.717, 1.165) is 30.3 Å². The Bertz CT molecular complexity index is 501. The second-order valence-corrected chi connectivity index (χ2v) is 4.29. The minimum absolute atomic E-state index is 0.125. The molecule has 0 aliphatic heterocycles. The molecule has 0 amide bonds. The van der Waals surface area contributed by atoms with Gasteiger partial charge >= 0.3 is 0 Å². The number of nitrogens with zero attached hydrogens (tertiary/aromatic N) is 3. The number of aliphatic hydroxyl groups excluding tert-OH is 1. The maximum atomic E-state index is 9.11. The Balaban J connectivity index is 2.25. The Labute approximate surface area is 107 Å². The molecule has 0 radical (unpaired) electrons. The lowest BCUT2D eigenvalue weighted by Crippen LogP contribution is -2.29. The number of hydrogen-bond acceptors (Lipinski definition) is 4. The highest BCUT2D eigenvalue weighted by Crippen LogP contribution is 2.15. The summed E-state index contributed by atoms with van der Waals surface area (Å²) in [6, 6.07) is 7.94. The predicted octanol–water partition coefficient (Wildman–Crippen LogP) is 2.23. The van der Waals surface area contributed by atoms with E-state index in [-0.39, 0.29) is 6.61 Å². The van der Waals surface area contributed by atoms with Crippen molar-refractivity contribution < 1.29 is 5.11 Å². The van der Waals surface area contributed by atoms with Gasteiger partial charge < -0.3 is 10.0 Å². The van der Waals surface area contributed by atoms with E-state index in [1.165, 1.54) is 0 Å². The first-order valence-electron chi connectivity index (χ1n) is 6.42. The third kappa shape index (κ3) is 2.96. The van der Waals surface area contributed by atoms with Crippen LogP contribution < -0.4 is 4.90 Å². The smallest absolute Gasteiger partial charge is 0.225 e. The number of benzene rings is 1. The summed E-state index contributed by atoms with van der Waals surface area (Å²) < 4.78 is 0. The summed E-state index contributed by atoms with van der Waals surface area (Å²) in [6.45, 7) is 3.74. The van der Waals surface area contributed by atoms with Gasteiger partial charge in [0.1, 0.15) is 0 Å². The Morgan fingerprint density at radius 2 is 2.06 bits per heavy atom. The van der Waals surface area contributed by atoms with Crippen molar-refractivity contribution in [2.45, 2.75) is 19.8 Å². The summed E-state index contributed by atoms with van der Waals surface area (Å²) in [5, 5.41) is 10.2. The average molecular weight is 245 g/mol. The predicted molar refractivity (Wildman–Crippen MR) is 73.7 cm³/mol. The molecule has 0 bridgehead atoms. The molecule has 4 nitrogen and oxygen atoms in total. The summed E-state index contributed by atoms with van der Waals surface area (Å²) in [4.78, 5) is 11.0. The number of para-hydroxylation sites is 1. The molecule has 0 fully saturated rings. The zero-order valence-corrected chi connectivity index (χ0v) is 10.7. The molecule has 2 aromatic rings. The molecule has 0 atom stereocenters. The standard InChI is InChI=1S/C14H19N3O/c1-2-3-8-17(9-10-18)14-15-11-12-6-4-5-7-13(12)16-14/h4-7,11,18H,2-3,8-10H2,1H3. The van der Waals surface area contributed by atoms with Gasteiger partial charge in [-0.15, -0.1) is 0 Å². The number of rotatable bonds is 6. The van der Waals surface area contributed by atoms with Crippen molar-refractivity contribution in [2.24, 2.45) is 0 Å². The average Bonchev–Trinajstić information content (AvgIpc) is 2.43. The molecule has 0 aliphatic rings. The number of aromatic nitrogens is 2. The first-order chi connectivity index (χ1) is 8.85. The van der Waals surface area contributed by atoms with Crippen molar-refractivity contribution in [1.29, 1.82) is 0 Å². The Morgan fingerprint density at radius 1 is 1.22 bits per heavy atom. The monoisotopic (exact) mass is 245 g/mol. The fourth-order valence-electron chi connectivity index (χ4n) is 1.90. The quantitative estimate of drug-likeness (QED) is 0.848. The molecule has 4 heteroatoms. The molecule has 96 valence electrons. The molecule has 0 saturated carbocycles. The number of anilines is 1. The first-order valence-corrected chi connectivity index (χ1v) is 6.42. The van der Waals surface area contributed by atoms with Crippen molar-refractivity contribution in [3.63, 3.8) is 0 Å². The summed E-state index contributed by atoms with van der Waals surface area (Å²) in [5.41, 5.74) is 0.946. The van der Waals surface area contributed by atoms with Crippen molar-refractivity contribution >= 4 is 16.9 Å². The van der Waals surface area contributed by atoms with Crippen LogP contribution in [0.1, 0.15) is 19.8 Å². The van der Waals surface area contributed by atoms with Crippen LogP contribution in [-0.4, -0.2) is 34.8 Å². The van der Waals surface area contributed by atoms with Crippen molar-refractivity contribution in [2.75, 3.05) is 24.6 Å². The maximum absolute atomic E-state index is 9.11. The summed E-state index contributed by atoms with van der Waals surface area (Å²) in [7, 11) is 0. The maximum Gasteiger partial charge on any atom is 0.225 e. The van der Waals surface area contributed by atoms with Gasteiger partial charge in [0.25, 0.3) is 0 Å². The van der Waals surface area contributed by atoms with E-state index in [1.807, 2.05) is 35.4 Å². The molecule has 0 saturated heterocycles. The van der Waals surface area contributed by atoms with E-state index < -0.39 is 0 Å². The van der Waals surface area contributed by atoms with Gasteiger partial charge in [0.15, 0.2) is 0 Å². The van der Waals surface area contributed by atoms with Gasteiger partial charge in [0.2, 0.25) is 5.95 Å². The van der Waals surface area contributed by atoms with Crippen LogP contribution in [-0.2, 0) is 0 Å². The lowest BCUT2D eigenvalue weighted by Gasteiger charge is -2.21. The molecule has 0 spiro atoms. The van der Waals surface area contributed by atoms with Crippen molar-refractivity contribution in [3.8, 4) is 0 Å². The molecular formula is C14H19N3O. The van der Waals surface area contributed by atoms with Crippen LogP contribution in [0.5, 0.6) is 0 Å². The van der Waals surface area contributed by atoms with Gasteiger partial charge in [-0.3, -0.25) is 0 Å². The van der Waals surface area contributed by atoms with E-state index in [9.17, 15) is 0 Å². The summed E-state index contributed by atoms with van der Waals surface area (Å²) in [5.74, 6) is 0.705. The van der Waals surface area contributed by atoms with E-state index >= 15 is 0 Å². The Morgan fingerprint density at radius 3 is 2.83 bits per heavy atom. The molecule has 2 rings (SSSR count). The van der Waals surface area contributed by atoms with Gasteiger partial charge in [0.05, 0.1) is 12.1 Å². The van der Waals surface area contributed by atoms with Gasteiger partial charge in [-0.25, -0.2) is 9.97 Å². The lowest BCUT2D eigenvalue weighted by molar-refractivity contribution is 0.301. The molecule has 1 N–H and O–H groups in total. The fraction of sp³-hybridized carbons (Fsp3) is 0.429. The largest absolute Gasteiger partial charge is 0.395 e. The van der Waals surface area contributed by atoms with E-state index in [2.05, 4.69) is 16.9 Å². The van der Waals surface area contributed by atoms with Crippen molar-refractivity contribution in [1.82, 2.24) is 9.97 Å². The number of unbranched alkanes of at least 4 members (excludes halogenated alkanes) is 1. The second-order valence-electron chi connectivity index (χ2n) is 4.29. The SMILES string of the molecule is CCCCN(CCO)c1ncc2ccccc2n1. The normalized spacial score (nSPS) is 10.8. The van der Waals surface area contributed by atoms with Crippen molar-refractivity contribution in [3.05, 3.63) is 30.5 Å². The number of fused-ring (bicyclic) bond motifs is 1. The van der Waals surface area contributed by atoms with Crippen LogP contribution in [0, 0.1) is 0 Å². The molecule has 18 heavy (non-hydrogen) atoms. The highest BCUT2D eigenvalue weighted by atomic mass is 16.3. The summed E-state index contributed by atoms with van der Waals surface area (Å²) >= 11 is 0. The lowest BCUT2D eigenvalue weighted by atomic mass is 10.2. The topological polar surface area (TPSA) is 49.2 Å². The Kier molecular flexibility index (Phi) is 4.47. The Hall–Kier alpha value is -1.68. The number of aliphatic hydroxyl groups is 1. The van der Waals surface area contributed by atoms with Crippen LogP contribution in [0.2, 0.25) is 0 Å². The second kappa shape index (κ2) is 6.31. The third-order valence-electron chi connectivity index (χ3n) is 2.91. The minimum atomic E-state index is 0.125. The molecular weight excluding hydrogens is 226 g/mol. The van der Waals surface area contributed by atoms with Crippen LogP contribution in [0.4, 0.5) is 5.95 Å².